The van der Waals surface area contributed by atoms with Gasteiger partial charge in [-0.05, 0) is 39.3 Å². The maximum absolute atomic E-state index is 12.2. The lowest BCUT2D eigenvalue weighted by Gasteiger charge is -2.09. The number of rotatable bonds is 7. The predicted octanol–water partition coefficient (Wildman–Crippen LogP) is 2.04. The average molecular weight is 348 g/mol. The molecule has 136 valence electrons. The lowest BCUT2D eigenvalue weighted by atomic mass is 9.99. The van der Waals surface area contributed by atoms with E-state index in [1.807, 2.05) is 31.3 Å². The Morgan fingerprint density at radius 3 is 2.40 bits per heavy atom. The van der Waals surface area contributed by atoms with E-state index in [4.69, 9.17) is 4.74 Å². The van der Waals surface area contributed by atoms with Gasteiger partial charge < -0.3 is 10.1 Å². The van der Waals surface area contributed by atoms with Crippen molar-refractivity contribution >= 4 is 23.7 Å². The largest absolute Gasteiger partial charge is 0.456 e. The fourth-order valence-electron chi connectivity index (χ4n) is 2.07. The lowest BCUT2D eigenvalue weighted by molar-refractivity contribution is -0.148. The van der Waals surface area contributed by atoms with Crippen LogP contribution < -0.4 is 10.6 Å². The van der Waals surface area contributed by atoms with Gasteiger partial charge in [-0.25, -0.2) is 4.79 Å². The molecule has 0 heterocycles. The fraction of sp³-hybridized carbons (Fsp3) is 0.444. The first-order valence-electron chi connectivity index (χ1n) is 8.05. The van der Waals surface area contributed by atoms with Gasteiger partial charge in [-0.2, -0.15) is 0 Å². The molecule has 0 fully saturated rings. The second-order valence-corrected chi connectivity index (χ2v) is 6.08. The van der Waals surface area contributed by atoms with Crippen LogP contribution in [0.1, 0.15) is 48.2 Å². The van der Waals surface area contributed by atoms with E-state index in [0.29, 0.717) is 5.56 Å². The number of ketones is 1. The smallest absolute Gasteiger partial charge is 0.321 e. The molecule has 0 unspecified atom stereocenters. The summed E-state index contributed by atoms with van der Waals surface area (Å²) in [6.07, 6.45) is -0.129. The normalized spacial score (nSPS) is 10.3. The van der Waals surface area contributed by atoms with Gasteiger partial charge in [0.1, 0.15) is 0 Å². The molecule has 1 aromatic carbocycles. The summed E-state index contributed by atoms with van der Waals surface area (Å²) in [5.74, 6) is -1.55. The molecule has 1 aromatic rings. The molecular formula is C18H24N2O5. The van der Waals surface area contributed by atoms with Crippen molar-refractivity contribution in [2.45, 2.75) is 46.6 Å². The van der Waals surface area contributed by atoms with Crippen molar-refractivity contribution in [2.24, 2.45) is 0 Å². The van der Waals surface area contributed by atoms with Crippen LogP contribution >= 0.6 is 0 Å². The number of carbonyl (C=O) groups is 4. The number of imide groups is 1. The molecule has 25 heavy (non-hydrogen) atoms. The van der Waals surface area contributed by atoms with E-state index in [2.05, 4.69) is 5.32 Å². The highest BCUT2D eigenvalue weighted by molar-refractivity contribution is 5.99. The monoisotopic (exact) mass is 348 g/mol. The van der Waals surface area contributed by atoms with Crippen LogP contribution in [0, 0.1) is 13.8 Å². The van der Waals surface area contributed by atoms with Crippen LogP contribution in [0.3, 0.4) is 0 Å². The minimum absolute atomic E-state index is 0.00141. The Bertz CT molecular complexity index is 667. The highest BCUT2D eigenvalue weighted by Crippen LogP contribution is 2.14. The molecule has 0 saturated heterocycles. The van der Waals surface area contributed by atoms with E-state index in [9.17, 15) is 19.2 Å². The molecule has 3 amide bonds. The number of carbonyl (C=O) groups excluding carboxylic acids is 4. The molecule has 0 aliphatic carbocycles. The van der Waals surface area contributed by atoms with Crippen LogP contribution in [0.25, 0.3) is 0 Å². The third-order valence-corrected chi connectivity index (χ3v) is 3.29. The Morgan fingerprint density at radius 1 is 1.08 bits per heavy atom. The quantitative estimate of drug-likeness (QED) is 0.580. The van der Waals surface area contributed by atoms with E-state index >= 15 is 0 Å². The van der Waals surface area contributed by atoms with Crippen LogP contribution in [0.15, 0.2) is 18.2 Å². The summed E-state index contributed by atoms with van der Waals surface area (Å²) in [6.45, 7) is 6.64. The Hall–Kier alpha value is -2.70. The van der Waals surface area contributed by atoms with Crippen LogP contribution in [0.2, 0.25) is 0 Å². The van der Waals surface area contributed by atoms with Gasteiger partial charge in [-0.15, -0.1) is 0 Å². The van der Waals surface area contributed by atoms with E-state index in [0.717, 1.165) is 11.1 Å². The first-order valence-corrected chi connectivity index (χ1v) is 8.05. The Labute approximate surface area is 147 Å². The lowest BCUT2D eigenvalue weighted by Crippen LogP contribution is -2.44. The average Bonchev–Trinajstić information content (AvgIpc) is 2.52. The number of aryl methyl sites for hydroxylation is 2. The van der Waals surface area contributed by atoms with E-state index < -0.39 is 24.5 Å². The van der Waals surface area contributed by atoms with Crippen molar-refractivity contribution in [3.8, 4) is 0 Å². The molecule has 0 atom stereocenters. The van der Waals surface area contributed by atoms with Crippen LogP contribution in [-0.2, 0) is 14.3 Å². The molecule has 0 aliphatic rings. The van der Waals surface area contributed by atoms with E-state index in [-0.39, 0.29) is 24.7 Å². The standard InChI is InChI=1S/C18H24N2O5/c1-11(2)19-18(24)20-16(22)10-25-17(23)8-7-15(21)14-9-12(3)5-6-13(14)4/h5-6,9,11H,7-8,10H2,1-4H3,(H2,19,20,22,24). The summed E-state index contributed by atoms with van der Waals surface area (Å²) in [7, 11) is 0. The zero-order chi connectivity index (χ0) is 19.0. The molecule has 0 saturated carbocycles. The molecular weight excluding hydrogens is 324 g/mol. The zero-order valence-electron chi connectivity index (χ0n) is 15.0. The van der Waals surface area contributed by atoms with Gasteiger partial charge in [0.25, 0.3) is 5.91 Å². The number of urea groups is 1. The topological polar surface area (TPSA) is 102 Å². The van der Waals surface area contributed by atoms with Crippen LogP contribution in [0.5, 0.6) is 0 Å². The van der Waals surface area contributed by atoms with Gasteiger partial charge in [-0.1, -0.05) is 17.7 Å². The van der Waals surface area contributed by atoms with Gasteiger partial charge in [0.15, 0.2) is 12.4 Å². The number of ether oxygens (including phenoxy) is 1. The molecule has 2 N–H and O–H groups in total. The van der Waals surface area contributed by atoms with Gasteiger partial charge >= 0.3 is 12.0 Å². The Morgan fingerprint density at radius 2 is 1.76 bits per heavy atom. The van der Waals surface area contributed by atoms with Gasteiger partial charge in [-0.3, -0.25) is 19.7 Å². The van der Waals surface area contributed by atoms with Gasteiger partial charge in [0.05, 0.1) is 6.42 Å². The summed E-state index contributed by atoms with van der Waals surface area (Å²) in [4.78, 5) is 46.6. The summed E-state index contributed by atoms with van der Waals surface area (Å²) >= 11 is 0. The van der Waals surface area contributed by atoms with Crippen molar-refractivity contribution in [3.05, 3.63) is 34.9 Å². The molecule has 0 radical (unpaired) electrons. The minimum Gasteiger partial charge on any atom is -0.456 e. The molecule has 7 nitrogen and oxygen atoms in total. The van der Waals surface area contributed by atoms with Crippen molar-refractivity contribution in [2.75, 3.05) is 6.61 Å². The number of hydrogen-bond acceptors (Lipinski definition) is 5. The fourth-order valence-corrected chi connectivity index (χ4v) is 2.07. The van der Waals surface area contributed by atoms with Crippen molar-refractivity contribution in [1.82, 2.24) is 10.6 Å². The molecule has 0 aliphatic heterocycles. The van der Waals surface area contributed by atoms with Gasteiger partial charge in [0.2, 0.25) is 0 Å². The summed E-state index contributed by atoms with van der Waals surface area (Å²) in [6, 6.07) is 4.78. The van der Waals surface area contributed by atoms with E-state index in [1.165, 1.54) is 0 Å². The number of esters is 1. The second kappa shape index (κ2) is 9.56. The first-order chi connectivity index (χ1) is 11.7. The predicted molar refractivity (Wildman–Crippen MR) is 92.2 cm³/mol. The van der Waals surface area contributed by atoms with Crippen LogP contribution in [-0.4, -0.2) is 36.3 Å². The number of Topliss-reactive ketones (excluding diaryl/α,β-unsaturated/α-hetero) is 1. The number of benzene rings is 1. The van der Waals surface area contributed by atoms with Crippen molar-refractivity contribution in [1.29, 1.82) is 0 Å². The molecule has 0 aromatic heterocycles. The molecule has 7 heteroatoms. The number of hydrogen-bond donors (Lipinski definition) is 2. The highest BCUT2D eigenvalue weighted by Gasteiger charge is 2.15. The number of amides is 3. The second-order valence-electron chi connectivity index (χ2n) is 6.08. The Balaban J connectivity index is 2.37. The zero-order valence-corrected chi connectivity index (χ0v) is 15.0. The maximum atomic E-state index is 12.2. The van der Waals surface area contributed by atoms with Crippen molar-refractivity contribution < 1.29 is 23.9 Å². The Kier molecular flexibility index (Phi) is 7.78. The van der Waals surface area contributed by atoms with E-state index in [1.54, 1.807) is 19.9 Å². The third-order valence-electron chi connectivity index (χ3n) is 3.29. The highest BCUT2D eigenvalue weighted by atomic mass is 16.5. The summed E-state index contributed by atoms with van der Waals surface area (Å²) < 4.78 is 4.77. The third kappa shape index (κ3) is 7.60. The SMILES string of the molecule is Cc1ccc(C)c(C(=O)CCC(=O)OCC(=O)NC(=O)NC(C)C)c1. The molecule has 1 rings (SSSR count). The molecule has 0 spiro atoms. The van der Waals surface area contributed by atoms with Crippen LogP contribution in [0.4, 0.5) is 4.79 Å². The number of nitrogens with one attached hydrogen (secondary N) is 2. The molecule has 0 bridgehead atoms. The summed E-state index contributed by atoms with van der Waals surface area (Å²) in [5.41, 5.74) is 2.39. The maximum Gasteiger partial charge on any atom is 0.321 e. The minimum atomic E-state index is -0.729. The van der Waals surface area contributed by atoms with Gasteiger partial charge in [0, 0.05) is 18.0 Å². The van der Waals surface area contributed by atoms with Crippen molar-refractivity contribution in [3.63, 3.8) is 0 Å². The first kappa shape index (κ1) is 20.3. The summed E-state index contributed by atoms with van der Waals surface area (Å²) in [5, 5.41) is 4.51.